The molecule has 1 N–H and O–H groups in total. The van der Waals surface area contributed by atoms with Gasteiger partial charge in [-0.1, -0.05) is 25.0 Å². The first-order chi connectivity index (χ1) is 10.8. The number of hydrogen-bond donors (Lipinski definition) is 1. The zero-order valence-corrected chi connectivity index (χ0v) is 13.9. The lowest BCUT2D eigenvalue weighted by Crippen LogP contribution is -2.35. The quantitative estimate of drug-likeness (QED) is 0.902. The molecular formula is C19H30N2O. The largest absolute Gasteiger partial charge is 0.496 e. The molecule has 0 saturated carbocycles. The van der Waals surface area contributed by atoms with Gasteiger partial charge in [-0.05, 0) is 63.4 Å². The monoisotopic (exact) mass is 302 g/mol. The predicted octanol–water partition coefficient (Wildman–Crippen LogP) is 3.37. The van der Waals surface area contributed by atoms with Crippen LogP contribution in [0.1, 0.15) is 49.7 Å². The van der Waals surface area contributed by atoms with E-state index < -0.39 is 0 Å². The number of nitrogens with zero attached hydrogens (tertiary/aromatic N) is 1. The number of likely N-dealkylation sites (tertiary alicyclic amines) is 1. The van der Waals surface area contributed by atoms with Crippen LogP contribution in [0.5, 0.6) is 5.75 Å². The van der Waals surface area contributed by atoms with Gasteiger partial charge in [0.2, 0.25) is 0 Å². The fourth-order valence-corrected chi connectivity index (χ4v) is 3.82. The first-order valence-electron chi connectivity index (χ1n) is 8.96. The highest BCUT2D eigenvalue weighted by Gasteiger charge is 2.16. The topological polar surface area (TPSA) is 24.5 Å². The fraction of sp³-hybridized carbons (Fsp3) is 0.684. The molecule has 0 aliphatic carbocycles. The summed E-state index contributed by atoms with van der Waals surface area (Å²) in [6, 6.07) is 7.45. The van der Waals surface area contributed by atoms with Gasteiger partial charge in [-0.15, -0.1) is 0 Å². The van der Waals surface area contributed by atoms with Gasteiger partial charge in [-0.2, -0.15) is 0 Å². The van der Waals surface area contributed by atoms with Gasteiger partial charge in [0.25, 0.3) is 0 Å². The van der Waals surface area contributed by atoms with E-state index in [4.69, 9.17) is 4.74 Å². The molecule has 2 aliphatic rings. The summed E-state index contributed by atoms with van der Waals surface area (Å²) in [6.45, 7) is 4.69. The van der Waals surface area contributed by atoms with Crippen molar-refractivity contribution in [1.82, 2.24) is 10.2 Å². The Morgan fingerprint density at radius 3 is 2.73 bits per heavy atom. The number of hydrogen-bond acceptors (Lipinski definition) is 3. The zero-order valence-electron chi connectivity index (χ0n) is 13.9. The van der Waals surface area contributed by atoms with Gasteiger partial charge in [0, 0.05) is 18.2 Å². The van der Waals surface area contributed by atoms with Crippen LogP contribution in [0.25, 0.3) is 0 Å². The van der Waals surface area contributed by atoms with Crippen LogP contribution in [-0.4, -0.2) is 37.7 Å². The molecule has 2 fully saturated rings. The van der Waals surface area contributed by atoms with E-state index in [2.05, 4.69) is 28.4 Å². The number of nitrogens with one attached hydrogen (secondary N) is 1. The number of piperidine rings is 2. The third kappa shape index (κ3) is 4.23. The van der Waals surface area contributed by atoms with Gasteiger partial charge in [0.05, 0.1) is 7.11 Å². The van der Waals surface area contributed by atoms with Gasteiger partial charge in [0.15, 0.2) is 0 Å². The van der Waals surface area contributed by atoms with Crippen LogP contribution in [0.15, 0.2) is 18.2 Å². The van der Waals surface area contributed by atoms with Gasteiger partial charge >= 0.3 is 0 Å². The molecule has 2 aliphatic heterocycles. The summed E-state index contributed by atoms with van der Waals surface area (Å²) >= 11 is 0. The highest BCUT2D eigenvalue weighted by molar-refractivity contribution is 5.37. The Balaban J connectivity index is 1.67. The van der Waals surface area contributed by atoms with E-state index in [0.717, 1.165) is 18.7 Å². The molecule has 22 heavy (non-hydrogen) atoms. The highest BCUT2D eigenvalue weighted by atomic mass is 16.5. The summed E-state index contributed by atoms with van der Waals surface area (Å²) in [6.07, 6.45) is 9.24. The highest BCUT2D eigenvalue weighted by Crippen LogP contribution is 2.24. The van der Waals surface area contributed by atoms with E-state index in [0.29, 0.717) is 6.04 Å². The van der Waals surface area contributed by atoms with E-state index in [-0.39, 0.29) is 0 Å². The minimum absolute atomic E-state index is 0.657. The second-order valence-electron chi connectivity index (χ2n) is 6.83. The molecule has 2 heterocycles. The van der Waals surface area contributed by atoms with Crippen LogP contribution in [0.4, 0.5) is 0 Å². The van der Waals surface area contributed by atoms with Gasteiger partial charge in [-0.3, -0.25) is 4.90 Å². The first-order valence-corrected chi connectivity index (χ1v) is 8.96. The summed E-state index contributed by atoms with van der Waals surface area (Å²) in [5, 5.41) is 3.66. The van der Waals surface area contributed by atoms with Crippen LogP contribution >= 0.6 is 0 Å². The summed E-state index contributed by atoms with van der Waals surface area (Å²) in [7, 11) is 1.79. The van der Waals surface area contributed by atoms with Crippen LogP contribution in [0.3, 0.4) is 0 Å². The minimum atomic E-state index is 0.657. The van der Waals surface area contributed by atoms with Crippen LogP contribution in [0, 0.1) is 0 Å². The third-order valence-electron chi connectivity index (χ3n) is 5.08. The molecule has 0 amide bonds. The molecule has 0 bridgehead atoms. The minimum Gasteiger partial charge on any atom is -0.496 e. The van der Waals surface area contributed by atoms with Crippen molar-refractivity contribution in [3.63, 3.8) is 0 Å². The summed E-state index contributed by atoms with van der Waals surface area (Å²) in [4.78, 5) is 2.57. The summed E-state index contributed by atoms with van der Waals surface area (Å²) in [5.41, 5.74) is 2.81. The van der Waals surface area contributed by atoms with Gasteiger partial charge < -0.3 is 10.1 Å². The van der Waals surface area contributed by atoms with E-state index in [1.165, 1.54) is 69.3 Å². The zero-order chi connectivity index (χ0) is 15.2. The Morgan fingerprint density at radius 1 is 1.14 bits per heavy atom. The maximum atomic E-state index is 5.59. The molecule has 3 rings (SSSR count). The second-order valence-corrected chi connectivity index (χ2v) is 6.83. The smallest absolute Gasteiger partial charge is 0.123 e. The van der Waals surface area contributed by atoms with E-state index in [1.54, 1.807) is 7.11 Å². The molecule has 3 nitrogen and oxygen atoms in total. The molecule has 1 aromatic rings. The van der Waals surface area contributed by atoms with Crippen molar-refractivity contribution in [2.24, 2.45) is 0 Å². The van der Waals surface area contributed by atoms with Crippen molar-refractivity contribution in [1.29, 1.82) is 0 Å². The molecule has 0 aromatic heterocycles. The SMILES string of the molecule is COc1ccc(CC2CCCCN2)cc1CN1CCCCC1. The van der Waals surface area contributed by atoms with Crippen LogP contribution < -0.4 is 10.1 Å². The average Bonchev–Trinajstić information content (AvgIpc) is 2.57. The normalized spacial score (nSPS) is 23.4. The van der Waals surface area contributed by atoms with E-state index >= 15 is 0 Å². The number of benzene rings is 1. The summed E-state index contributed by atoms with van der Waals surface area (Å²) < 4.78 is 5.59. The Kier molecular flexibility index (Phi) is 5.74. The van der Waals surface area contributed by atoms with Crippen molar-refractivity contribution >= 4 is 0 Å². The maximum absolute atomic E-state index is 5.59. The van der Waals surface area contributed by atoms with Crippen molar-refractivity contribution in [3.05, 3.63) is 29.3 Å². The van der Waals surface area contributed by atoms with Crippen molar-refractivity contribution in [3.8, 4) is 5.75 Å². The second kappa shape index (κ2) is 7.98. The standard InChI is InChI=1S/C19H30N2O/c1-22-19-9-8-16(14-18-7-3-4-10-20-18)13-17(19)15-21-11-5-2-6-12-21/h8-9,13,18,20H,2-7,10-12,14-15H2,1H3. The van der Waals surface area contributed by atoms with E-state index in [9.17, 15) is 0 Å². The van der Waals surface area contributed by atoms with Crippen LogP contribution in [0.2, 0.25) is 0 Å². The molecule has 122 valence electrons. The Hall–Kier alpha value is -1.06. The average molecular weight is 302 g/mol. The first kappa shape index (κ1) is 15.8. The third-order valence-corrected chi connectivity index (χ3v) is 5.08. The number of rotatable bonds is 5. The predicted molar refractivity (Wildman–Crippen MR) is 91.5 cm³/mol. The molecule has 1 atom stereocenters. The molecule has 3 heteroatoms. The molecule has 0 radical (unpaired) electrons. The van der Waals surface area contributed by atoms with Crippen LogP contribution in [-0.2, 0) is 13.0 Å². The Morgan fingerprint density at radius 2 is 2.00 bits per heavy atom. The number of ether oxygens (including phenoxy) is 1. The van der Waals surface area contributed by atoms with Crippen molar-refractivity contribution in [2.45, 2.75) is 57.5 Å². The lowest BCUT2D eigenvalue weighted by Gasteiger charge is -2.27. The molecule has 2 saturated heterocycles. The number of methoxy groups -OCH3 is 1. The molecule has 1 aromatic carbocycles. The van der Waals surface area contributed by atoms with Crippen molar-refractivity contribution < 1.29 is 4.74 Å². The lowest BCUT2D eigenvalue weighted by molar-refractivity contribution is 0.218. The van der Waals surface area contributed by atoms with Gasteiger partial charge in [-0.25, -0.2) is 0 Å². The Labute approximate surface area is 135 Å². The van der Waals surface area contributed by atoms with E-state index in [1.807, 2.05) is 0 Å². The van der Waals surface area contributed by atoms with Crippen molar-refractivity contribution in [2.75, 3.05) is 26.7 Å². The maximum Gasteiger partial charge on any atom is 0.123 e. The molecule has 0 spiro atoms. The molecule has 1 unspecified atom stereocenters. The molecular weight excluding hydrogens is 272 g/mol. The fourth-order valence-electron chi connectivity index (χ4n) is 3.82. The lowest BCUT2D eigenvalue weighted by atomic mass is 9.96. The summed E-state index contributed by atoms with van der Waals surface area (Å²) in [5.74, 6) is 1.05. The van der Waals surface area contributed by atoms with Gasteiger partial charge in [0.1, 0.15) is 5.75 Å². The Bertz CT molecular complexity index is 463.